The molecule has 1 aromatic heterocycles. The highest BCUT2D eigenvalue weighted by atomic mass is 35.5. The van der Waals surface area contributed by atoms with E-state index in [9.17, 15) is 14.4 Å². The van der Waals surface area contributed by atoms with Crippen LogP contribution in [0, 0.1) is 0 Å². The second-order valence-electron chi connectivity index (χ2n) is 7.52. The number of rotatable bonds is 2. The van der Waals surface area contributed by atoms with E-state index in [0.29, 0.717) is 17.6 Å². The number of carbonyl (C=O) groups excluding carboxylic acids is 2. The van der Waals surface area contributed by atoms with E-state index < -0.39 is 23.4 Å². The molecule has 0 aliphatic carbocycles. The number of nitrogens with one attached hydrogen (secondary N) is 1. The summed E-state index contributed by atoms with van der Waals surface area (Å²) < 4.78 is 6.72. The lowest BCUT2D eigenvalue weighted by Crippen LogP contribution is -2.43. The molecule has 0 unspecified atom stereocenters. The molecule has 1 aliphatic rings. The molecule has 1 aromatic carbocycles. The second-order valence-corrected chi connectivity index (χ2v) is 8.33. The van der Waals surface area contributed by atoms with Gasteiger partial charge in [-0.15, -0.1) is 4.68 Å². The van der Waals surface area contributed by atoms with Crippen LogP contribution in [0.2, 0.25) is 10.0 Å². The zero-order valence-electron chi connectivity index (χ0n) is 16.1. The Morgan fingerprint density at radius 2 is 1.86 bits per heavy atom. The van der Waals surface area contributed by atoms with Crippen molar-refractivity contribution in [3.05, 3.63) is 38.7 Å². The Morgan fingerprint density at radius 1 is 1.21 bits per heavy atom. The van der Waals surface area contributed by atoms with Gasteiger partial charge in [-0.3, -0.25) is 0 Å². The first-order valence-corrected chi connectivity index (χ1v) is 9.60. The number of nitrogens with zero attached hydrogens (tertiary/aromatic N) is 5. The van der Waals surface area contributed by atoms with Gasteiger partial charge >= 0.3 is 17.8 Å². The van der Waals surface area contributed by atoms with Crippen LogP contribution in [0.25, 0.3) is 5.69 Å². The molecule has 0 bridgehead atoms. The maximum Gasteiger partial charge on any atom is 0.407 e. The first kappa shape index (κ1) is 21.1. The normalized spacial score (nSPS) is 16.7. The van der Waals surface area contributed by atoms with Gasteiger partial charge in [0.2, 0.25) is 0 Å². The van der Waals surface area contributed by atoms with E-state index >= 15 is 0 Å². The highest BCUT2D eigenvalue weighted by Gasteiger charge is 2.31. The topological polar surface area (TPSA) is 111 Å². The van der Waals surface area contributed by atoms with Gasteiger partial charge < -0.3 is 15.0 Å². The number of ether oxygens (including phenoxy) is 1. The van der Waals surface area contributed by atoms with Gasteiger partial charge in [-0.25, -0.2) is 14.4 Å². The summed E-state index contributed by atoms with van der Waals surface area (Å²) in [5.41, 5.74) is -1.27. The van der Waals surface area contributed by atoms with Gasteiger partial charge in [-0.1, -0.05) is 29.3 Å². The van der Waals surface area contributed by atoms with Crippen molar-refractivity contribution in [2.24, 2.45) is 0 Å². The van der Waals surface area contributed by atoms with Crippen LogP contribution in [0.1, 0.15) is 27.2 Å². The summed E-state index contributed by atoms with van der Waals surface area (Å²) in [6.07, 6.45) is -0.0437. The molecule has 10 nitrogen and oxygen atoms in total. The fourth-order valence-corrected chi connectivity index (χ4v) is 3.42. The number of para-hydroxylation sites is 1. The average molecular weight is 443 g/mol. The van der Waals surface area contributed by atoms with Crippen molar-refractivity contribution < 1.29 is 14.3 Å². The monoisotopic (exact) mass is 442 g/mol. The van der Waals surface area contributed by atoms with Crippen LogP contribution in [0.3, 0.4) is 0 Å². The minimum absolute atomic E-state index is 0.144. The number of likely N-dealkylation sites (tertiary alicyclic amines) is 1. The maximum absolute atomic E-state index is 12.7. The molecule has 1 saturated heterocycles. The van der Waals surface area contributed by atoms with Gasteiger partial charge in [0.05, 0.1) is 16.1 Å². The van der Waals surface area contributed by atoms with E-state index in [2.05, 4.69) is 15.7 Å². The van der Waals surface area contributed by atoms with Crippen LogP contribution in [0.5, 0.6) is 0 Å². The van der Waals surface area contributed by atoms with E-state index in [4.69, 9.17) is 27.9 Å². The molecule has 156 valence electrons. The largest absolute Gasteiger partial charge is 0.444 e. The molecular formula is C17H20Cl2N6O4. The second kappa shape index (κ2) is 8.03. The molecule has 1 aliphatic heterocycles. The minimum atomic E-state index is -0.798. The van der Waals surface area contributed by atoms with Crippen LogP contribution in [-0.2, 0) is 4.74 Å². The molecule has 1 N–H and O–H groups in total. The highest BCUT2D eigenvalue weighted by molar-refractivity contribution is 6.37. The number of carbonyl (C=O) groups is 2. The number of aromatic nitrogens is 4. The highest BCUT2D eigenvalue weighted by Crippen LogP contribution is 2.26. The Morgan fingerprint density at radius 3 is 2.48 bits per heavy atom. The van der Waals surface area contributed by atoms with Crippen LogP contribution >= 0.6 is 23.2 Å². The number of halogens is 2. The summed E-state index contributed by atoms with van der Waals surface area (Å²) in [7, 11) is 0. The third-order valence-electron chi connectivity index (χ3n) is 4.09. The molecule has 3 rings (SSSR count). The van der Waals surface area contributed by atoms with E-state index in [-0.39, 0.29) is 28.3 Å². The van der Waals surface area contributed by atoms with Gasteiger partial charge in [0, 0.05) is 13.1 Å². The average Bonchev–Trinajstić information content (AvgIpc) is 3.20. The number of benzene rings is 1. The minimum Gasteiger partial charge on any atom is -0.444 e. The number of alkyl carbamates (subject to hydrolysis) is 1. The number of amides is 2. The van der Waals surface area contributed by atoms with Crippen molar-refractivity contribution in [3.63, 3.8) is 0 Å². The van der Waals surface area contributed by atoms with Gasteiger partial charge in [0.25, 0.3) is 0 Å². The SMILES string of the molecule is CC(C)(C)OC(=O)N[C@@H]1CCN(C(=O)n2nnn(-c3c(Cl)cccc3Cl)c2=O)C1. The molecule has 0 saturated carbocycles. The quantitative estimate of drug-likeness (QED) is 0.714. The number of tetrazole rings is 1. The summed E-state index contributed by atoms with van der Waals surface area (Å²) in [5, 5.41) is 10.5. The van der Waals surface area contributed by atoms with Gasteiger partial charge in [0.1, 0.15) is 11.3 Å². The Labute approximate surface area is 176 Å². The van der Waals surface area contributed by atoms with Crippen LogP contribution in [-0.4, -0.2) is 61.5 Å². The molecule has 0 radical (unpaired) electrons. The Kier molecular flexibility index (Phi) is 5.85. The lowest BCUT2D eigenvalue weighted by Gasteiger charge is -2.21. The van der Waals surface area contributed by atoms with E-state index in [1.54, 1.807) is 39.0 Å². The van der Waals surface area contributed by atoms with Crippen molar-refractivity contribution in [2.75, 3.05) is 13.1 Å². The Hall–Kier alpha value is -2.59. The third-order valence-corrected chi connectivity index (χ3v) is 4.70. The molecule has 12 heteroatoms. The van der Waals surface area contributed by atoms with E-state index in [1.165, 1.54) is 4.90 Å². The van der Waals surface area contributed by atoms with Crippen LogP contribution in [0.4, 0.5) is 9.59 Å². The third kappa shape index (κ3) is 4.70. The molecule has 29 heavy (non-hydrogen) atoms. The summed E-state index contributed by atoms with van der Waals surface area (Å²) in [5.74, 6) is 0. The smallest absolute Gasteiger partial charge is 0.407 e. The maximum atomic E-state index is 12.7. The molecule has 1 atom stereocenters. The fraction of sp³-hybridized carbons (Fsp3) is 0.471. The van der Waals surface area contributed by atoms with Crippen molar-refractivity contribution in [1.29, 1.82) is 0 Å². The summed E-state index contributed by atoms with van der Waals surface area (Å²) in [6.45, 7) is 5.84. The summed E-state index contributed by atoms with van der Waals surface area (Å²) in [6, 6.07) is 3.76. The lowest BCUT2D eigenvalue weighted by molar-refractivity contribution is 0.0506. The molecular weight excluding hydrogens is 423 g/mol. The predicted molar refractivity (Wildman–Crippen MR) is 106 cm³/mol. The molecule has 0 spiro atoms. The van der Waals surface area contributed by atoms with Crippen molar-refractivity contribution in [1.82, 2.24) is 30.0 Å². The van der Waals surface area contributed by atoms with Gasteiger partial charge in [-0.05, 0) is 49.8 Å². The van der Waals surface area contributed by atoms with E-state index in [0.717, 1.165) is 4.68 Å². The summed E-state index contributed by atoms with van der Waals surface area (Å²) in [4.78, 5) is 38.6. The summed E-state index contributed by atoms with van der Waals surface area (Å²) >= 11 is 12.2. The zero-order chi connectivity index (χ0) is 21.3. The molecule has 1 fully saturated rings. The Bertz CT molecular complexity index is 976. The van der Waals surface area contributed by atoms with Crippen molar-refractivity contribution >= 4 is 35.3 Å². The standard InChI is InChI=1S/C17H20Cl2N6O4/c1-17(2,3)29-14(26)20-10-7-8-23(9-10)15(27)25-16(28)24(21-22-25)13-11(18)5-4-6-12(13)19/h4-6,10H,7-9H2,1-3H3,(H,20,26)/t10-/m1/s1. The molecule has 2 heterocycles. The first-order valence-electron chi connectivity index (χ1n) is 8.85. The number of hydrogen-bond donors (Lipinski definition) is 1. The van der Waals surface area contributed by atoms with Gasteiger partial charge in [-0.2, -0.15) is 4.68 Å². The van der Waals surface area contributed by atoms with Crippen LogP contribution < -0.4 is 11.0 Å². The molecule has 2 amide bonds. The van der Waals surface area contributed by atoms with Gasteiger partial charge in [0.15, 0.2) is 0 Å². The first-order chi connectivity index (χ1) is 13.6. The predicted octanol–water partition coefficient (Wildman–Crippen LogP) is 2.30. The van der Waals surface area contributed by atoms with Crippen molar-refractivity contribution in [2.45, 2.75) is 38.8 Å². The van der Waals surface area contributed by atoms with Crippen molar-refractivity contribution in [3.8, 4) is 5.69 Å². The lowest BCUT2D eigenvalue weighted by atomic mass is 10.2. The van der Waals surface area contributed by atoms with Crippen LogP contribution in [0.15, 0.2) is 23.0 Å². The Balaban J connectivity index is 1.72. The molecule has 2 aromatic rings. The number of hydrogen-bond acceptors (Lipinski definition) is 6. The fourth-order valence-electron chi connectivity index (χ4n) is 2.86. The zero-order valence-corrected chi connectivity index (χ0v) is 17.6. The van der Waals surface area contributed by atoms with E-state index in [1.807, 2.05) is 0 Å².